The standard InChI is InChI=1S/C14H14ClN3O4S/c1-3-8-11(15)12(23-17-8)14(2,13(16)20)7-4-5-10(19)9(6-7)18(21)22/h4-6,19H,3H2,1-2H3,(H2,16,20). The Morgan fingerprint density at radius 2 is 2.22 bits per heavy atom. The predicted molar refractivity (Wildman–Crippen MR) is 86.9 cm³/mol. The monoisotopic (exact) mass is 355 g/mol. The van der Waals surface area contributed by atoms with Gasteiger partial charge >= 0.3 is 5.69 Å². The minimum Gasteiger partial charge on any atom is -0.502 e. The van der Waals surface area contributed by atoms with Crippen LogP contribution in [0.5, 0.6) is 5.75 Å². The van der Waals surface area contributed by atoms with Crippen molar-refractivity contribution in [3.8, 4) is 5.75 Å². The van der Waals surface area contributed by atoms with Crippen LogP contribution >= 0.6 is 23.1 Å². The van der Waals surface area contributed by atoms with Crippen LogP contribution in [0.25, 0.3) is 0 Å². The molecule has 1 heterocycles. The SMILES string of the molecule is CCc1nsc(C(C)(C(N)=O)c2ccc(O)c([N+](=O)[O-])c2)c1Cl. The largest absolute Gasteiger partial charge is 0.502 e. The van der Waals surface area contributed by atoms with Gasteiger partial charge in [-0.1, -0.05) is 24.6 Å². The molecule has 2 aromatic rings. The quantitative estimate of drug-likeness (QED) is 0.631. The zero-order chi connectivity index (χ0) is 17.4. The molecule has 23 heavy (non-hydrogen) atoms. The summed E-state index contributed by atoms with van der Waals surface area (Å²) in [5.41, 5.74) is 4.57. The van der Waals surface area contributed by atoms with E-state index in [1.54, 1.807) is 0 Å². The molecule has 0 radical (unpaired) electrons. The van der Waals surface area contributed by atoms with E-state index in [4.69, 9.17) is 17.3 Å². The highest BCUT2D eigenvalue weighted by atomic mass is 35.5. The van der Waals surface area contributed by atoms with Gasteiger partial charge in [0.2, 0.25) is 5.91 Å². The minimum atomic E-state index is -1.39. The van der Waals surface area contributed by atoms with E-state index in [1.165, 1.54) is 13.0 Å². The lowest BCUT2D eigenvalue weighted by Gasteiger charge is -2.25. The number of nitrogens with two attached hydrogens (primary N) is 1. The number of nitrogens with zero attached hydrogens (tertiary/aromatic N) is 2. The molecule has 0 bridgehead atoms. The number of benzene rings is 1. The van der Waals surface area contributed by atoms with Crippen LogP contribution in [0.1, 0.15) is 30.0 Å². The van der Waals surface area contributed by atoms with Crippen molar-refractivity contribution in [2.75, 3.05) is 0 Å². The molecule has 0 saturated heterocycles. The highest BCUT2D eigenvalue weighted by Gasteiger charge is 2.41. The van der Waals surface area contributed by atoms with Gasteiger partial charge in [-0.3, -0.25) is 14.9 Å². The molecule has 0 fully saturated rings. The van der Waals surface area contributed by atoms with Crippen LogP contribution < -0.4 is 5.73 Å². The second-order valence-electron chi connectivity index (χ2n) is 5.08. The number of hydrogen-bond donors (Lipinski definition) is 2. The van der Waals surface area contributed by atoms with Gasteiger partial charge < -0.3 is 10.8 Å². The number of carbonyl (C=O) groups excluding carboxylic acids is 1. The average Bonchev–Trinajstić information content (AvgIpc) is 2.87. The van der Waals surface area contributed by atoms with Crippen LogP contribution in [0.15, 0.2) is 18.2 Å². The zero-order valence-electron chi connectivity index (χ0n) is 12.4. The fraction of sp³-hybridized carbons (Fsp3) is 0.286. The lowest BCUT2D eigenvalue weighted by atomic mass is 9.79. The van der Waals surface area contributed by atoms with E-state index >= 15 is 0 Å². The number of amides is 1. The molecular formula is C14H14ClN3O4S. The first-order valence-electron chi connectivity index (χ1n) is 6.65. The van der Waals surface area contributed by atoms with Crippen molar-refractivity contribution >= 4 is 34.7 Å². The molecule has 1 amide bonds. The summed E-state index contributed by atoms with van der Waals surface area (Å²) >= 11 is 7.33. The summed E-state index contributed by atoms with van der Waals surface area (Å²) in [4.78, 5) is 22.9. The average molecular weight is 356 g/mol. The lowest BCUT2D eigenvalue weighted by Crippen LogP contribution is -2.39. The van der Waals surface area contributed by atoms with Crippen LogP contribution in [0.4, 0.5) is 5.69 Å². The summed E-state index contributed by atoms with van der Waals surface area (Å²) in [7, 11) is 0. The van der Waals surface area contributed by atoms with Crippen LogP contribution in [0.2, 0.25) is 5.02 Å². The van der Waals surface area contributed by atoms with Crippen molar-refractivity contribution in [2.45, 2.75) is 25.7 Å². The maximum absolute atomic E-state index is 12.1. The number of halogens is 1. The number of primary amides is 1. The minimum absolute atomic E-state index is 0.266. The number of rotatable bonds is 5. The number of phenols is 1. The Labute approximate surface area is 141 Å². The number of hydrogen-bond acceptors (Lipinski definition) is 6. The molecule has 9 heteroatoms. The Kier molecular flexibility index (Phi) is 4.58. The second kappa shape index (κ2) is 6.13. The number of nitro groups is 1. The topological polar surface area (TPSA) is 119 Å². The smallest absolute Gasteiger partial charge is 0.311 e. The number of carbonyl (C=O) groups is 1. The van der Waals surface area contributed by atoms with Gasteiger partial charge in [-0.15, -0.1) is 0 Å². The highest BCUT2D eigenvalue weighted by molar-refractivity contribution is 7.07. The molecular weight excluding hydrogens is 342 g/mol. The van der Waals surface area contributed by atoms with Gasteiger partial charge in [0.1, 0.15) is 5.41 Å². The third-order valence-corrected chi connectivity index (χ3v) is 5.36. The molecule has 122 valence electrons. The van der Waals surface area contributed by atoms with Gasteiger partial charge in [-0.05, 0) is 36.5 Å². The molecule has 1 unspecified atom stereocenters. The molecule has 1 aromatic heterocycles. The van der Waals surface area contributed by atoms with Gasteiger partial charge in [-0.25, -0.2) is 0 Å². The van der Waals surface area contributed by atoms with E-state index < -0.39 is 27.7 Å². The Bertz CT molecular complexity index is 792. The molecule has 1 atom stereocenters. The van der Waals surface area contributed by atoms with E-state index in [9.17, 15) is 20.0 Å². The Hall–Kier alpha value is -2.19. The normalized spacial score (nSPS) is 13.5. The van der Waals surface area contributed by atoms with Crippen molar-refractivity contribution < 1.29 is 14.8 Å². The van der Waals surface area contributed by atoms with Crippen molar-refractivity contribution in [2.24, 2.45) is 5.73 Å². The van der Waals surface area contributed by atoms with Crippen molar-refractivity contribution in [1.29, 1.82) is 0 Å². The van der Waals surface area contributed by atoms with Gasteiger partial charge in [0, 0.05) is 6.07 Å². The van der Waals surface area contributed by atoms with E-state index in [-0.39, 0.29) is 5.56 Å². The molecule has 0 saturated carbocycles. The van der Waals surface area contributed by atoms with Crippen LogP contribution in [0, 0.1) is 10.1 Å². The highest BCUT2D eigenvalue weighted by Crippen LogP contribution is 2.42. The van der Waals surface area contributed by atoms with Crippen molar-refractivity contribution in [3.63, 3.8) is 0 Å². The van der Waals surface area contributed by atoms with Crippen molar-refractivity contribution in [3.05, 3.63) is 49.5 Å². The summed E-state index contributed by atoms with van der Waals surface area (Å²) < 4.78 is 4.20. The molecule has 7 nitrogen and oxygen atoms in total. The third-order valence-electron chi connectivity index (χ3n) is 3.73. The van der Waals surface area contributed by atoms with Gasteiger partial charge in [0.25, 0.3) is 0 Å². The first kappa shape index (κ1) is 17.2. The molecule has 0 aliphatic heterocycles. The molecule has 0 spiro atoms. The Balaban J connectivity index is 2.71. The van der Waals surface area contributed by atoms with Crippen LogP contribution in [-0.2, 0) is 16.6 Å². The van der Waals surface area contributed by atoms with Crippen molar-refractivity contribution in [1.82, 2.24) is 4.37 Å². The fourth-order valence-corrected chi connectivity index (χ4v) is 3.75. The molecule has 1 aromatic carbocycles. The predicted octanol–water partition coefficient (Wildman–Crippen LogP) is 2.76. The molecule has 3 N–H and O–H groups in total. The molecule has 0 aliphatic carbocycles. The molecule has 2 rings (SSSR count). The number of nitro benzene ring substituents is 1. The first-order valence-corrected chi connectivity index (χ1v) is 7.80. The van der Waals surface area contributed by atoms with E-state index in [0.717, 1.165) is 23.7 Å². The van der Waals surface area contributed by atoms with E-state index in [2.05, 4.69) is 4.37 Å². The summed E-state index contributed by atoms with van der Waals surface area (Å²) in [5.74, 6) is -1.21. The van der Waals surface area contributed by atoms with E-state index in [1.807, 2.05) is 6.92 Å². The maximum Gasteiger partial charge on any atom is 0.311 e. The lowest BCUT2D eigenvalue weighted by molar-refractivity contribution is -0.385. The number of aryl methyl sites for hydroxylation is 1. The van der Waals surface area contributed by atoms with Gasteiger partial charge in [0.05, 0.1) is 20.5 Å². The first-order chi connectivity index (χ1) is 10.7. The summed E-state index contributed by atoms with van der Waals surface area (Å²) in [6, 6.07) is 3.70. The Morgan fingerprint density at radius 1 is 1.57 bits per heavy atom. The Morgan fingerprint density at radius 3 is 2.70 bits per heavy atom. The maximum atomic E-state index is 12.1. The van der Waals surface area contributed by atoms with Gasteiger partial charge in [-0.2, -0.15) is 4.37 Å². The summed E-state index contributed by atoms with van der Waals surface area (Å²) in [5, 5.41) is 20.9. The van der Waals surface area contributed by atoms with Crippen LogP contribution in [0.3, 0.4) is 0 Å². The van der Waals surface area contributed by atoms with Crippen LogP contribution in [-0.4, -0.2) is 20.3 Å². The summed E-state index contributed by atoms with van der Waals surface area (Å²) in [6.07, 6.45) is 0.583. The summed E-state index contributed by atoms with van der Waals surface area (Å²) in [6.45, 7) is 3.40. The number of aromatic nitrogens is 1. The zero-order valence-corrected chi connectivity index (χ0v) is 13.9. The third kappa shape index (κ3) is 2.75. The van der Waals surface area contributed by atoms with Gasteiger partial charge in [0.15, 0.2) is 5.75 Å². The number of phenolic OH excluding ortho intramolecular Hbond substituents is 1. The second-order valence-corrected chi connectivity index (χ2v) is 6.23. The molecule has 0 aliphatic rings. The fourth-order valence-electron chi connectivity index (χ4n) is 2.21. The van der Waals surface area contributed by atoms with E-state index in [0.29, 0.717) is 22.0 Å². The number of aromatic hydroxyl groups is 1.